The van der Waals surface area contributed by atoms with Crippen LogP contribution in [-0.4, -0.2) is 53.6 Å². The van der Waals surface area contributed by atoms with E-state index in [9.17, 15) is 4.79 Å². The Morgan fingerprint density at radius 2 is 2.11 bits per heavy atom. The van der Waals surface area contributed by atoms with Crippen LogP contribution in [0.2, 0.25) is 0 Å². The van der Waals surface area contributed by atoms with E-state index in [2.05, 4.69) is 10.1 Å². The number of rotatable bonds is 4. The second-order valence-corrected chi connectivity index (χ2v) is 4.63. The molecule has 0 atom stereocenters. The van der Waals surface area contributed by atoms with Crippen LogP contribution in [0.15, 0.2) is 10.6 Å². The second-order valence-electron chi connectivity index (χ2n) is 4.63. The fraction of sp³-hybridized carbons (Fsp3) is 0.667. The first-order chi connectivity index (χ1) is 8.69. The highest BCUT2D eigenvalue weighted by molar-refractivity contribution is 5.85. The lowest BCUT2D eigenvalue weighted by atomic mass is 10.2. The zero-order chi connectivity index (χ0) is 13.0. The van der Waals surface area contributed by atoms with Crippen molar-refractivity contribution in [3.8, 4) is 0 Å². The van der Waals surface area contributed by atoms with Gasteiger partial charge in [0.15, 0.2) is 5.76 Å². The summed E-state index contributed by atoms with van der Waals surface area (Å²) in [6, 6.07) is 1.95. The van der Waals surface area contributed by atoms with E-state index in [-0.39, 0.29) is 18.3 Å². The molecule has 0 saturated carbocycles. The average molecular weight is 289 g/mol. The van der Waals surface area contributed by atoms with Gasteiger partial charge in [0.2, 0.25) is 5.91 Å². The molecule has 1 fully saturated rings. The van der Waals surface area contributed by atoms with Crippen molar-refractivity contribution in [1.82, 2.24) is 15.0 Å². The molecule has 1 aromatic heterocycles. The van der Waals surface area contributed by atoms with E-state index in [1.807, 2.05) is 17.9 Å². The Morgan fingerprint density at radius 3 is 2.63 bits per heavy atom. The first-order valence-corrected chi connectivity index (χ1v) is 6.31. The van der Waals surface area contributed by atoms with Gasteiger partial charge in [-0.05, 0) is 6.92 Å². The smallest absolute Gasteiger partial charge is 0.223 e. The monoisotopic (exact) mass is 288 g/mol. The van der Waals surface area contributed by atoms with Crippen molar-refractivity contribution in [3.63, 3.8) is 0 Å². The van der Waals surface area contributed by atoms with Gasteiger partial charge in [-0.2, -0.15) is 0 Å². The fourth-order valence-electron chi connectivity index (χ4n) is 2.15. The predicted molar refractivity (Wildman–Crippen MR) is 74.0 cm³/mol. The molecule has 0 aliphatic carbocycles. The van der Waals surface area contributed by atoms with Gasteiger partial charge in [0.1, 0.15) is 0 Å². The van der Waals surface area contributed by atoms with Crippen LogP contribution < -0.4 is 5.73 Å². The predicted octanol–water partition coefficient (Wildman–Crippen LogP) is 0.398. The molecular formula is C12H21ClN4O2. The summed E-state index contributed by atoms with van der Waals surface area (Å²) in [4.78, 5) is 15.8. The van der Waals surface area contributed by atoms with Crippen LogP contribution in [0.25, 0.3) is 0 Å². The third-order valence-corrected chi connectivity index (χ3v) is 3.14. The van der Waals surface area contributed by atoms with Gasteiger partial charge < -0.3 is 15.2 Å². The third kappa shape index (κ3) is 4.49. The first kappa shape index (κ1) is 15.9. The Bertz CT molecular complexity index is 402. The number of halogens is 1. The maximum absolute atomic E-state index is 11.7. The van der Waals surface area contributed by atoms with Crippen molar-refractivity contribution in [2.24, 2.45) is 5.73 Å². The summed E-state index contributed by atoms with van der Waals surface area (Å²) in [5.74, 6) is 1.04. The molecule has 0 bridgehead atoms. The minimum absolute atomic E-state index is 0. The number of hydrogen-bond acceptors (Lipinski definition) is 5. The van der Waals surface area contributed by atoms with Crippen molar-refractivity contribution >= 4 is 18.3 Å². The molecule has 0 radical (unpaired) electrons. The molecule has 108 valence electrons. The molecule has 2 rings (SSSR count). The van der Waals surface area contributed by atoms with Crippen molar-refractivity contribution in [2.45, 2.75) is 19.9 Å². The maximum Gasteiger partial charge on any atom is 0.223 e. The van der Waals surface area contributed by atoms with Gasteiger partial charge in [0, 0.05) is 45.2 Å². The van der Waals surface area contributed by atoms with E-state index >= 15 is 0 Å². The van der Waals surface area contributed by atoms with E-state index in [0.29, 0.717) is 13.0 Å². The van der Waals surface area contributed by atoms with E-state index in [4.69, 9.17) is 10.3 Å². The number of amides is 1. The molecule has 6 nitrogen and oxygen atoms in total. The molecule has 1 aliphatic rings. The first-order valence-electron chi connectivity index (χ1n) is 6.31. The number of nitrogens with zero attached hydrogens (tertiary/aromatic N) is 3. The Labute approximate surface area is 119 Å². The van der Waals surface area contributed by atoms with E-state index in [1.54, 1.807) is 0 Å². The lowest BCUT2D eigenvalue weighted by Gasteiger charge is -2.34. The Kier molecular flexibility index (Phi) is 6.27. The quantitative estimate of drug-likeness (QED) is 0.868. The fourth-order valence-corrected chi connectivity index (χ4v) is 2.15. The van der Waals surface area contributed by atoms with Crippen LogP contribution in [0, 0.1) is 6.92 Å². The number of hydrogen-bond donors (Lipinski definition) is 1. The molecule has 1 aliphatic heterocycles. The molecular weight excluding hydrogens is 268 g/mol. The van der Waals surface area contributed by atoms with Gasteiger partial charge in [-0.3, -0.25) is 9.69 Å². The third-order valence-electron chi connectivity index (χ3n) is 3.14. The highest BCUT2D eigenvalue weighted by Gasteiger charge is 2.21. The maximum atomic E-state index is 11.7. The van der Waals surface area contributed by atoms with Crippen LogP contribution in [0.1, 0.15) is 17.9 Å². The van der Waals surface area contributed by atoms with Crippen LogP contribution in [0.4, 0.5) is 0 Å². The van der Waals surface area contributed by atoms with Gasteiger partial charge in [0.05, 0.1) is 12.2 Å². The highest BCUT2D eigenvalue weighted by Crippen LogP contribution is 2.10. The van der Waals surface area contributed by atoms with Crippen LogP contribution in [0.5, 0.6) is 0 Å². The molecule has 19 heavy (non-hydrogen) atoms. The summed E-state index contributed by atoms with van der Waals surface area (Å²) in [6.07, 6.45) is 0.446. The lowest BCUT2D eigenvalue weighted by molar-refractivity contribution is -0.132. The molecule has 0 aromatic carbocycles. The zero-order valence-electron chi connectivity index (χ0n) is 11.2. The Hall–Kier alpha value is -1.11. The normalized spacial score (nSPS) is 16.2. The van der Waals surface area contributed by atoms with E-state index in [1.165, 1.54) is 0 Å². The molecule has 1 aromatic rings. The summed E-state index contributed by atoms with van der Waals surface area (Å²) in [6.45, 7) is 6.39. The standard InChI is InChI=1S/C12H20N4O2.ClH/c1-10-8-11(18-14-10)9-15-4-6-16(7-5-15)12(17)2-3-13;/h8H,2-7,9,13H2,1H3;1H. The van der Waals surface area contributed by atoms with E-state index < -0.39 is 0 Å². The number of aromatic nitrogens is 1. The zero-order valence-corrected chi connectivity index (χ0v) is 12.0. The van der Waals surface area contributed by atoms with Crippen LogP contribution in [-0.2, 0) is 11.3 Å². The molecule has 0 unspecified atom stereocenters. The van der Waals surface area contributed by atoms with Crippen molar-refractivity contribution in [2.75, 3.05) is 32.7 Å². The lowest BCUT2D eigenvalue weighted by Crippen LogP contribution is -2.48. The van der Waals surface area contributed by atoms with Crippen LogP contribution in [0.3, 0.4) is 0 Å². The number of piperazine rings is 1. The van der Waals surface area contributed by atoms with Gasteiger partial charge in [-0.15, -0.1) is 12.4 Å². The largest absolute Gasteiger partial charge is 0.360 e. The van der Waals surface area contributed by atoms with Crippen molar-refractivity contribution in [3.05, 3.63) is 17.5 Å². The van der Waals surface area contributed by atoms with Gasteiger partial charge in [-0.1, -0.05) is 5.16 Å². The summed E-state index contributed by atoms with van der Waals surface area (Å²) >= 11 is 0. The molecule has 2 N–H and O–H groups in total. The summed E-state index contributed by atoms with van der Waals surface area (Å²) in [5.41, 5.74) is 6.30. The number of nitrogens with two attached hydrogens (primary N) is 1. The second kappa shape index (κ2) is 7.47. The highest BCUT2D eigenvalue weighted by atomic mass is 35.5. The van der Waals surface area contributed by atoms with Gasteiger partial charge in [0.25, 0.3) is 0 Å². The number of carbonyl (C=O) groups is 1. The van der Waals surface area contributed by atoms with Gasteiger partial charge in [-0.25, -0.2) is 0 Å². The number of aryl methyl sites for hydroxylation is 1. The minimum atomic E-state index is 0. The van der Waals surface area contributed by atoms with Crippen molar-refractivity contribution in [1.29, 1.82) is 0 Å². The van der Waals surface area contributed by atoms with Crippen LogP contribution >= 0.6 is 12.4 Å². The minimum Gasteiger partial charge on any atom is -0.360 e. The summed E-state index contributed by atoms with van der Waals surface area (Å²) in [7, 11) is 0. The summed E-state index contributed by atoms with van der Waals surface area (Å²) < 4.78 is 5.19. The Morgan fingerprint density at radius 1 is 1.42 bits per heavy atom. The molecule has 7 heteroatoms. The topological polar surface area (TPSA) is 75.6 Å². The van der Waals surface area contributed by atoms with Crippen molar-refractivity contribution < 1.29 is 9.32 Å². The number of carbonyl (C=O) groups excluding carboxylic acids is 1. The SMILES string of the molecule is Cc1cc(CN2CCN(C(=O)CCN)CC2)on1.Cl. The van der Waals surface area contributed by atoms with E-state index in [0.717, 1.165) is 44.2 Å². The average Bonchev–Trinajstić information content (AvgIpc) is 2.76. The molecule has 1 saturated heterocycles. The summed E-state index contributed by atoms with van der Waals surface area (Å²) in [5, 5.41) is 3.87. The molecule has 1 amide bonds. The Balaban J connectivity index is 0.00000180. The van der Waals surface area contributed by atoms with Gasteiger partial charge >= 0.3 is 0 Å². The molecule has 2 heterocycles. The molecule has 0 spiro atoms.